The summed E-state index contributed by atoms with van der Waals surface area (Å²) in [6, 6.07) is 3.50. The zero-order valence-corrected chi connectivity index (χ0v) is 18.4. The van der Waals surface area contributed by atoms with Crippen molar-refractivity contribution in [2.45, 2.75) is 73.6 Å². The average Bonchev–Trinajstić information content (AvgIpc) is 2.50. The number of hydrogen-bond donors (Lipinski definition) is 0. The molecule has 0 aromatic heterocycles. The maximum atomic E-state index is 7.32. The molecule has 0 atom stereocenters. The van der Waals surface area contributed by atoms with Crippen LogP contribution >= 0.6 is 15.8 Å². The van der Waals surface area contributed by atoms with Crippen molar-refractivity contribution in [1.29, 1.82) is 10.5 Å². The number of nitriles is 2. The standard InChI is InChI=1S/C15H34P2.2C2H3N/c1-5-10-16(11-6-2)14-9-15-17(12-7-3)13-8-4;2*1-2-3/h5-15H2,1-4H3;2*1H3. The van der Waals surface area contributed by atoms with Gasteiger partial charge in [-0.3, -0.25) is 0 Å². The summed E-state index contributed by atoms with van der Waals surface area (Å²) in [7, 11) is 0.801. The molecule has 136 valence electrons. The topological polar surface area (TPSA) is 47.6 Å². The highest BCUT2D eigenvalue weighted by Gasteiger charge is 2.09. The number of nitrogens with zero attached hydrogens (tertiary/aromatic N) is 2. The van der Waals surface area contributed by atoms with Crippen molar-refractivity contribution in [3.05, 3.63) is 0 Å². The summed E-state index contributed by atoms with van der Waals surface area (Å²) in [5.74, 6) is 0. The van der Waals surface area contributed by atoms with Crippen molar-refractivity contribution >= 4 is 15.8 Å². The molecule has 0 amide bonds. The van der Waals surface area contributed by atoms with Crippen LogP contribution in [0.2, 0.25) is 0 Å². The largest absolute Gasteiger partial charge is 0.199 e. The van der Waals surface area contributed by atoms with Crippen LogP contribution in [-0.4, -0.2) is 37.0 Å². The molecule has 0 rings (SSSR count). The molecule has 0 radical (unpaired) electrons. The third-order valence-electron chi connectivity index (χ3n) is 3.11. The Bertz CT molecular complexity index is 242. The first-order chi connectivity index (χ1) is 11.1. The Morgan fingerprint density at radius 2 is 0.783 bits per heavy atom. The Morgan fingerprint density at radius 1 is 0.565 bits per heavy atom. The zero-order valence-electron chi connectivity index (χ0n) is 16.6. The van der Waals surface area contributed by atoms with E-state index in [1.807, 2.05) is 0 Å². The van der Waals surface area contributed by atoms with Crippen molar-refractivity contribution in [3.63, 3.8) is 0 Å². The van der Waals surface area contributed by atoms with Crippen LogP contribution in [0.5, 0.6) is 0 Å². The Morgan fingerprint density at radius 3 is 0.957 bits per heavy atom. The lowest BCUT2D eigenvalue weighted by molar-refractivity contribution is 1.00. The molecule has 4 heteroatoms. The van der Waals surface area contributed by atoms with Crippen molar-refractivity contribution in [3.8, 4) is 12.1 Å². The molecule has 0 aliphatic rings. The van der Waals surface area contributed by atoms with Gasteiger partial charge in [-0.2, -0.15) is 10.5 Å². The summed E-state index contributed by atoms with van der Waals surface area (Å²) in [4.78, 5) is 0. The highest BCUT2D eigenvalue weighted by atomic mass is 31.1. The monoisotopic (exact) mass is 358 g/mol. The molecule has 0 aliphatic heterocycles. The quantitative estimate of drug-likeness (QED) is 0.351. The van der Waals surface area contributed by atoms with Crippen LogP contribution < -0.4 is 0 Å². The summed E-state index contributed by atoms with van der Waals surface area (Å²) < 4.78 is 0. The fourth-order valence-electron chi connectivity index (χ4n) is 2.45. The van der Waals surface area contributed by atoms with E-state index in [4.69, 9.17) is 10.5 Å². The predicted molar refractivity (Wildman–Crippen MR) is 111 cm³/mol. The van der Waals surface area contributed by atoms with E-state index in [1.54, 1.807) is 24.5 Å². The summed E-state index contributed by atoms with van der Waals surface area (Å²) in [6.07, 6.45) is 16.4. The maximum absolute atomic E-state index is 7.32. The molecule has 0 N–H and O–H groups in total. The van der Waals surface area contributed by atoms with Gasteiger partial charge in [0.2, 0.25) is 0 Å². The lowest BCUT2D eigenvalue weighted by Gasteiger charge is -2.19. The second-order valence-corrected chi connectivity index (χ2v) is 10.9. The van der Waals surface area contributed by atoms with Gasteiger partial charge in [-0.1, -0.05) is 53.4 Å². The minimum Gasteiger partial charge on any atom is -0.199 e. The molecule has 0 unspecified atom stereocenters. The van der Waals surface area contributed by atoms with E-state index in [-0.39, 0.29) is 0 Å². The van der Waals surface area contributed by atoms with Gasteiger partial charge < -0.3 is 0 Å². The molecule has 0 aromatic rings. The normalized spacial score (nSPS) is 9.30. The third-order valence-corrected chi connectivity index (χ3v) is 9.32. The molecule has 0 bridgehead atoms. The fraction of sp³-hybridized carbons (Fsp3) is 0.895. The fourth-order valence-corrected chi connectivity index (χ4v) is 7.79. The van der Waals surface area contributed by atoms with Gasteiger partial charge in [-0.25, -0.2) is 0 Å². The first kappa shape index (κ1) is 27.7. The molecular weight excluding hydrogens is 318 g/mol. The molecule has 0 saturated carbocycles. The smallest absolute Gasteiger partial charge is 0.0587 e. The van der Waals surface area contributed by atoms with Gasteiger partial charge in [0, 0.05) is 13.8 Å². The second kappa shape index (κ2) is 26.7. The molecule has 0 fully saturated rings. The SMILES string of the molecule is CC#N.CC#N.CCCP(CCC)CCCP(CCC)CCC. The second-order valence-electron chi connectivity index (χ2n) is 5.48. The van der Waals surface area contributed by atoms with Crippen LogP contribution in [0.4, 0.5) is 0 Å². The Labute approximate surface area is 149 Å². The van der Waals surface area contributed by atoms with Crippen molar-refractivity contribution in [2.24, 2.45) is 0 Å². The minimum atomic E-state index is 0.400. The van der Waals surface area contributed by atoms with E-state index in [0.717, 1.165) is 0 Å². The van der Waals surface area contributed by atoms with Gasteiger partial charge in [0.1, 0.15) is 0 Å². The number of hydrogen-bond acceptors (Lipinski definition) is 2. The number of rotatable bonds is 12. The first-order valence-corrected chi connectivity index (χ1v) is 13.0. The minimum absolute atomic E-state index is 0.400. The van der Waals surface area contributed by atoms with E-state index in [1.165, 1.54) is 70.6 Å². The molecule has 0 spiro atoms. The van der Waals surface area contributed by atoms with E-state index in [9.17, 15) is 0 Å². The average molecular weight is 358 g/mol. The molecular formula is C19H40N2P2. The van der Waals surface area contributed by atoms with Gasteiger partial charge in [-0.05, 0) is 43.4 Å². The molecule has 2 nitrogen and oxygen atoms in total. The Balaban J connectivity index is -0.000000573. The van der Waals surface area contributed by atoms with Gasteiger partial charge >= 0.3 is 0 Å². The summed E-state index contributed by atoms with van der Waals surface area (Å²) >= 11 is 0. The molecule has 0 saturated heterocycles. The van der Waals surface area contributed by atoms with E-state index >= 15 is 0 Å². The van der Waals surface area contributed by atoms with Gasteiger partial charge in [0.05, 0.1) is 12.1 Å². The first-order valence-electron chi connectivity index (χ1n) is 9.17. The van der Waals surface area contributed by atoms with E-state index < -0.39 is 0 Å². The maximum Gasteiger partial charge on any atom is 0.0587 e. The molecule has 0 aromatic carbocycles. The van der Waals surface area contributed by atoms with E-state index in [2.05, 4.69) is 27.7 Å². The highest BCUT2D eigenvalue weighted by molar-refractivity contribution is 7.58. The molecule has 23 heavy (non-hydrogen) atoms. The Kier molecular flexibility index (Phi) is 32.2. The lowest BCUT2D eigenvalue weighted by Crippen LogP contribution is -1.99. The summed E-state index contributed by atoms with van der Waals surface area (Å²) in [6.45, 7) is 12.3. The highest BCUT2D eigenvalue weighted by Crippen LogP contribution is 2.42. The molecule has 0 heterocycles. The van der Waals surface area contributed by atoms with Gasteiger partial charge in [0.15, 0.2) is 0 Å². The van der Waals surface area contributed by atoms with Crippen LogP contribution in [0.15, 0.2) is 0 Å². The van der Waals surface area contributed by atoms with Crippen LogP contribution in [0, 0.1) is 22.7 Å². The van der Waals surface area contributed by atoms with Crippen molar-refractivity contribution in [2.75, 3.05) is 37.0 Å². The van der Waals surface area contributed by atoms with Crippen LogP contribution in [-0.2, 0) is 0 Å². The zero-order chi connectivity index (χ0) is 18.3. The molecule has 0 aliphatic carbocycles. The van der Waals surface area contributed by atoms with Crippen LogP contribution in [0.1, 0.15) is 73.6 Å². The lowest BCUT2D eigenvalue weighted by atomic mass is 10.5. The third kappa shape index (κ3) is 27.0. The summed E-state index contributed by atoms with van der Waals surface area (Å²) in [5, 5.41) is 14.6. The Hall–Kier alpha value is -0.160. The van der Waals surface area contributed by atoms with Crippen LogP contribution in [0.3, 0.4) is 0 Å². The van der Waals surface area contributed by atoms with Gasteiger partial charge in [0.25, 0.3) is 0 Å². The van der Waals surface area contributed by atoms with Crippen molar-refractivity contribution < 1.29 is 0 Å². The van der Waals surface area contributed by atoms with E-state index in [0.29, 0.717) is 15.8 Å². The predicted octanol–water partition coefficient (Wildman–Crippen LogP) is 7.04. The summed E-state index contributed by atoms with van der Waals surface area (Å²) in [5.41, 5.74) is 0. The van der Waals surface area contributed by atoms with Gasteiger partial charge in [-0.15, -0.1) is 15.8 Å². The van der Waals surface area contributed by atoms with Crippen LogP contribution in [0.25, 0.3) is 0 Å². The van der Waals surface area contributed by atoms with Crippen molar-refractivity contribution in [1.82, 2.24) is 0 Å².